The van der Waals surface area contributed by atoms with Gasteiger partial charge in [0, 0.05) is 21.2 Å². The van der Waals surface area contributed by atoms with Gasteiger partial charge in [0.1, 0.15) is 30.0 Å². The van der Waals surface area contributed by atoms with Crippen molar-refractivity contribution < 1.29 is 23.4 Å². The van der Waals surface area contributed by atoms with Crippen LogP contribution < -0.4 is 24.4 Å². The van der Waals surface area contributed by atoms with Crippen LogP contribution in [-0.4, -0.2) is 24.3 Å². The number of fused-ring (bicyclic) bond motifs is 2. The summed E-state index contributed by atoms with van der Waals surface area (Å²) in [5, 5.41) is 1.82. The molecule has 1 atom stereocenters. The first kappa shape index (κ1) is 32.4. The maximum atomic E-state index is 14.5. The maximum Gasteiger partial charge on any atom is 0.338 e. The summed E-state index contributed by atoms with van der Waals surface area (Å²) >= 11 is 4.80. The lowest BCUT2D eigenvalue weighted by Gasteiger charge is -2.27. The Morgan fingerprint density at radius 1 is 1.04 bits per heavy atom. The summed E-state index contributed by atoms with van der Waals surface area (Å²) in [5.74, 6) is 0.136. The zero-order valence-electron chi connectivity index (χ0n) is 26.1. The molecule has 1 aromatic heterocycles. The van der Waals surface area contributed by atoms with Gasteiger partial charge < -0.3 is 14.2 Å². The van der Waals surface area contributed by atoms with Gasteiger partial charge in [0.15, 0.2) is 4.80 Å². The molecule has 240 valence electrons. The summed E-state index contributed by atoms with van der Waals surface area (Å²) in [6.45, 7) is 3.95. The molecule has 10 heteroatoms. The Morgan fingerprint density at radius 2 is 1.81 bits per heavy atom. The van der Waals surface area contributed by atoms with E-state index in [0.29, 0.717) is 55.2 Å². The van der Waals surface area contributed by atoms with Crippen LogP contribution in [0.4, 0.5) is 4.39 Å². The minimum Gasteiger partial charge on any atom is -0.496 e. The summed E-state index contributed by atoms with van der Waals surface area (Å²) < 4.78 is 34.7. The van der Waals surface area contributed by atoms with Crippen molar-refractivity contribution in [2.45, 2.75) is 39.3 Å². The SMILES string of the molecule is CCCC1=C(C(=O)OCC)[C@@H](c2cc(Br)ccc2OC)n2c(s/c(=C/c3c(OCc4ccccc4F)ccc4ccccc34)c2=O)=N1. The molecule has 0 radical (unpaired) electrons. The second kappa shape index (κ2) is 14.1. The molecule has 47 heavy (non-hydrogen) atoms. The van der Waals surface area contributed by atoms with Gasteiger partial charge in [0.25, 0.3) is 5.56 Å². The van der Waals surface area contributed by atoms with Crippen LogP contribution in [0, 0.1) is 5.82 Å². The molecule has 5 aromatic rings. The van der Waals surface area contributed by atoms with Crippen LogP contribution in [0.5, 0.6) is 11.5 Å². The number of halogens is 2. The number of esters is 1. The van der Waals surface area contributed by atoms with Gasteiger partial charge in [-0.3, -0.25) is 9.36 Å². The Bertz CT molecular complexity index is 2210. The third-order valence-corrected chi connectivity index (χ3v) is 9.40. The molecule has 6 rings (SSSR count). The van der Waals surface area contributed by atoms with Crippen LogP contribution in [0.25, 0.3) is 16.8 Å². The predicted octanol–water partition coefficient (Wildman–Crippen LogP) is 7.22. The van der Waals surface area contributed by atoms with Crippen molar-refractivity contribution >= 4 is 50.1 Å². The number of thiazole rings is 1. The lowest BCUT2D eigenvalue weighted by molar-refractivity contribution is -0.139. The zero-order chi connectivity index (χ0) is 33.1. The molecule has 0 saturated heterocycles. The van der Waals surface area contributed by atoms with E-state index in [9.17, 15) is 14.0 Å². The average molecular weight is 716 g/mol. The van der Waals surface area contributed by atoms with E-state index in [4.69, 9.17) is 19.2 Å². The van der Waals surface area contributed by atoms with Crippen molar-refractivity contribution in [3.05, 3.63) is 137 Å². The molecule has 0 amide bonds. The highest BCUT2D eigenvalue weighted by molar-refractivity contribution is 9.10. The number of hydrogen-bond donors (Lipinski definition) is 0. The maximum absolute atomic E-state index is 14.5. The Balaban J connectivity index is 1.59. The van der Waals surface area contributed by atoms with Gasteiger partial charge in [-0.2, -0.15) is 0 Å². The number of benzene rings is 4. The Kier molecular flexibility index (Phi) is 9.70. The molecule has 2 heterocycles. The van der Waals surface area contributed by atoms with Crippen molar-refractivity contribution in [3.8, 4) is 11.5 Å². The lowest BCUT2D eigenvalue weighted by atomic mass is 9.93. The van der Waals surface area contributed by atoms with E-state index in [1.54, 1.807) is 48.9 Å². The highest BCUT2D eigenvalue weighted by atomic mass is 79.9. The van der Waals surface area contributed by atoms with E-state index in [1.807, 2.05) is 55.5 Å². The second-order valence-corrected chi connectivity index (χ2v) is 12.8. The van der Waals surface area contributed by atoms with Crippen LogP contribution >= 0.6 is 27.3 Å². The number of allylic oxidation sites excluding steroid dienone is 1. The van der Waals surface area contributed by atoms with Gasteiger partial charge in [0.05, 0.1) is 29.5 Å². The molecule has 4 aromatic carbocycles. The van der Waals surface area contributed by atoms with Gasteiger partial charge in [-0.25, -0.2) is 14.2 Å². The van der Waals surface area contributed by atoms with E-state index < -0.39 is 12.0 Å². The smallest absolute Gasteiger partial charge is 0.338 e. The minimum absolute atomic E-state index is 0.0130. The fourth-order valence-electron chi connectivity index (χ4n) is 5.79. The standard InChI is InChI=1S/C37H32BrFN2O5S/c1-4-10-29-33(36(43)45-5-2)34(27-19-24(38)16-18-30(27)44-3)41-35(42)32(47-37(41)40-29)20-26-25-13-8-6-11-22(25)15-17-31(26)46-21-23-12-7-9-14-28(23)39/h6-9,11-20,34H,4-5,10,21H2,1-3H3/b32-20+/t34-/m1/s1. The number of nitrogens with zero attached hydrogens (tertiary/aromatic N) is 2. The van der Waals surface area contributed by atoms with E-state index in [1.165, 1.54) is 17.4 Å². The minimum atomic E-state index is -0.842. The van der Waals surface area contributed by atoms with Crippen LogP contribution in [0.2, 0.25) is 0 Å². The summed E-state index contributed by atoms with van der Waals surface area (Å²) in [4.78, 5) is 33.5. The van der Waals surface area contributed by atoms with E-state index in [-0.39, 0.29) is 24.6 Å². The normalized spacial score (nSPS) is 14.6. The van der Waals surface area contributed by atoms with E-state index >= 15 is 0 Å². The quantitative estimate of drug-likeness (QED) is 0.143. The van der Waals surface area contributed by atoms with Crippen LogP contribution in [-0.2, 0) is 16.1 Å². The summed E-state index contributed by atoms with van der Waals surface area (Å²) in [5.41, 5.74) is 2.28. The average Bonchev–Trinajstić information content (AvgIpc) is 3.38. The highest BCUT2D eigenvalue weighted by Crippen LogP contribution is 2.38. The molecule has 0 saturated carbocycles. The van der Waals surface area contributed by atoms with Crippen molar-refractivity contribution in [2.24, 2.45) is 4.99 Å². The van der Waals surface area contributed by atoms with Crippen molar-refractivity contribution in [1.29, 1.82) is 0 Å². The van der Waals surface area contributed by atoms with Crippen molar-refractivity contribution in [3.63, 3.8) is 0 Å². The Labute approximate surface area is 283 Å². The van der Waals surface area contributed by atoms with Crippen LogP contribution in [0.15, 0.2) is 104 Å². The number of carbonyl (C=O) groups is 1. The monoisotopic (exact) mass is 714 g/mol. The van der Waals surface area contributed by atoms with E-state index in [0.717, 1.165) is 21.7 Å². The number of methoxy groups -OCH3 is 1. The molecular weight excluding hydrogens is 683 g/mol. The molecule has 0 spiro atoms. The van der Waals surface area contributed by atoms with Crippen LogP contribution in [0.1, 0.15) is 49.4 Å². The molecule has 7 nitrogen and oxygen atoms in total. The first-order valence-corrected chi connectivity index (χ1v) is 16.9. The number of ether oxygens (including phenoxy) is 3. The second-order valence-electron chi connectivity index (χ2n) is 10.9. The van der Waals surface area contributed by atoms with Gasteiger partial charge in [-0.1, -0.05) is 89.1 Å². The molecule has 0 bridgehead atoms. The Morgan fingerprint density at radius 3 is 2.57 bits per heavy atom. The summed E-state index contributed by atoms with van der Waals surface area (Å²) in [7, 11) is 1.56. The molecule has 0 unspecified atom stereocenters. The number of rotatable bonds is 10. The van der Waals surface area contributed by atoms with Gasteiger partial charge in [-0.05, 0) is 60.5 Å². The topological polar surface area (TPSA) is 79.1 Å². The van der Waals surface area contributed by atoms with Crippen molar-refractivity contribution in [1.82, 2.24) is 4.57 Å². The van der Waals surface area contributed by atoms with Crippen LogP contribution in [0.3, 0.4) is 0 Å². The third kappa shape index (κ3) is 6.40. The number of hydrogen-bond acceptors (Lipinski definition) is 7. The van der Waals surface area contributed by atoms with Gasteiger partial charge in [0.2, 0.25) is 0 Å². The number of aromatic nitrogens is 1. The first-order chi connectivity index (χ1) is 22.8. The molecule has 1 aliphatic rings. The molecule has 0 aliphatic carbocycles. The zero-order valence-corrected chi connectivity index (χ0v) is 28.5. The first-order valence-electron chi connectivity index (χ1n) is 15.3. The lowest BCUT2D eigenvalue weighted by Crippen LogP contribution is -2.40. The molecular formula is C37H32BrFN2O5S. The Hall–Kier alpha value is -4.54. The van der Waals surface area contributed by atoms with Crippen molar-refractivity contribution in [2.75, 3.05) is 13.7 Å². The fraction of sp³-hybridized carbons (Fsp3) is 0.216. The van der Waals surface area contributed by atoms with Gasteiger partial charge >= 0.3 is 5.97 Å². The molecule has 0 fully saturated rings. The third-order valence-electron chi connectivity index (χ3n) is 7.93. The summed E-state index contributed by atoms with van der Waals surface area (Å²) in [6.07, 6.45) is 3.05. The predicted molar refractivity (Wildman–Crippen MR) is 185 cm³/mol. The highest BCUT2D eigenvalue weighted by Gasteiger charge is 2.36. The largest absolute Gasteiger partial charge is 0.496 e. The van der Waals surface area contributed by atoms with E-state index in [2.05, 4.69) is 15.9 Å². The fourth-order valence-corrected chi connectivity index (χ4v) is 7.17. The molecule has 0 N–H and O–H groups in total. The molecule has 1 aliphatic heterocycles. The summed E-state index contributed by atoms with van der Waals surface area (Å²) in [6, 6.07) is 22.7. The van der Waals surface area contributed by atoms with Gasteiger partial charge in [-0.15, -0.1) is 0 Å². The number of carbonyl (C=O) groups excluding carboxylic acids is 1.